The second-order valence-electron chi connectivity index (χ2n) is 5.17. The van der Waals surface area contributed by atoms with E-state index in [0.29, 0.717) is 6.10 Å². The largest absolute Gasteiger partial charge is 0.377 e. The SMILES string of the molecule is CO[C@@H](C[C@@H]1CO1)/C(C)=C/[Si](C)(C)C. The molecule has 0 aromatic rings. The third-order valence-electron chi connectivity index (χ3n) is 2.33. The summed E-state index contributed by atoms with van der Waals surface area (Å²) in [5.74, 6) is 0. The fourth-order valence-electron chi connectivity index (χ4n) is 1.69. The molecule has 0 aromatic heterocycles. The minimum absolute atomic E-state index is 0.259. The number of hydrogen-bond acceptors (Lipinski definition) is 2. The molecule has 0 unspecified atom stereocenters. The van der Waals surface area contributed by atoms with Gasteiger partial charge in [0.1, 0.15) is 0 Å². The fraction of sp³-hybridized carbons (Fsp3) is 0.818. The molecule has 0 amide bonds. The quantitative estimate of drug-likeness (QED) is 0.518. The summed E-state index contributed by atoms with van der Waals surface area (Å²) in [5.41, 5.74) is 3.80. The molecule has 1 heterocycles. The van der Waals surface area contributed by atoms with Gasteiger partial charge in [0, 0.05) is 13.5 Å². The van der Waals surface area contributed by atoms with Crippen LogP contribution in [0.4, 0.5) is 0 Å². The van der Waals surface area contributed by atoms with Crippen molar-refractivity contribution in [1.29, 1.82) is 0 Å². The minimum Gasteiger partial charge on any atom is -0.377 e. The molecule has 3 heteroatoms. The summed E-state index contributed by atoms with van der Waals surface area (Å²) in [5, 5.41) is 0. The first-order valence-electron chi connectivity index (χ1n) is 5.26. The van der Waals surface area contributed by atoms with Crippen LogP contribution in [0.25, 0.3) is 0 Å². The van der Waals surface area contributed by atoms with Crippen molar-refractivity contribution in [3.8, 4) is 0 Å². The molecule has 1 aliphatic rings. The Bertz CT molecular complexity index is 214. The van der Waals surface area contributed by atoms with E-state index in [1.165, 1.54) is 5.57 Å². The average Bonchev–Trinajstić information content (AvgIpc) is 2.79. The molecule has 0 bridgehead atoms. The Labute approximate surface area is 88.3 Å². The predicted molar refractivity (Wildman–Crippen MR) is 62.3 cm³/mol. The predicted octanol–water partition coefficient (Wildman–Crippen LogP) is 2.61. The third-order valence-corrected chi connectivity index (χ3v) is 3.65. The zero-order valence-electron chi connectivity index (χ0n) is 9.96. The Morgan fingerprint density at radius 3 is 2.50 bits per heavy atom. The van der Waals surface area contributed by atoms with E-state index < -0.39 is 8.07 Å². The van der Waals surface area contributed by atoms with Crippen molar-refractivity contribution in [2.75, 3.05) is 13.7 Å². The van der Waals surface area contributed by atoms with Crippen molar-refractivity contribution >= 4 is 8.07 Å². The summed E-state index contributed by atoms with van der Waals surface area (Å²) in [6, 6.07) is 0. The summed E-state index contributed by atoms with van der Waals surface area (Å²) >= 11 is 0. The topological polar surface area (TPSA) is 21.8 Å². The van der Waals surface area contributed by atoms with Crippen LogP contribution >= 0.6 is 0 Å². The Morgan fingerprint density at radius 1 is 1.57 bits per heavy atom. The highest BCUT2D eigenvalue weighted by atomic mass is 28.3. The van der Waals surface area contributed by atoms with Crippen LogP contribution in [0.15, 0.2) is 11.3 Å². The van der Waals surface area contributed by atoms with E-state index in [1.54, 1.807) is 7.11 Å². The summed E-state index contributed by atoms with van der Waals surface area (Å²) in [4.78, 5) is 0. The van der Waals surface area contributed by atoms with Gasteiger partial charge in [-0.25, -0.2) is 0 Å². The van der Waals surface area contributed by atoms with Crippen LogP contribution in [0, 0.1) is 0 Å². The van der Waals surface area contributed by atoms with Crippen molar-refractivity contribution in [3.05, 3.63) is 11.3 Å². The lowest BCUT2D eigenvalue weighted by molar-refractivity contribution is 0.116. The minimum atomic E-state index is -1.11. The zero-order valence-corrected chi connectivity index (χ0v) is 11.0. The first-order chi connectivity index (χ1) is 6.42. The van der Waals surface area contributed by atoms with E-state index in [2.05, 4.69) is 32.3 Å². The molecule has 1 saturated heterocycles. The van der Waals surface area contributed by atoms with E-state index in [0.717, 1.165) is 13.0 Å². The van der Waals surface area contributed by atoms with Gasteiger partial charge in [0.05, 0.1) is 26.9 Å². The van der Waals surface area contributed by atoms with Gasteiger partial charge < -0.3 is 9.47 Å². The molecule has 82 valence electrons. The molecule has 0 radical (unpaired) electrons. The first kappa shape index (κ1) is 11.9. The van der Waals surface area contributed by atoms with Gasteiger partial charge in [0.25, 0.3) is 0 Å². The van der Waals surface area contributed by atoms with Gasteiger partial charge in [-0.3, -0.25) is 0 Å². The number of ether oxygens (including phenoxy) is 2. The van der Waals surface area contributed by atoms with Crippen LogP contribution in [-0.2, 0) is 9.47 Å². The van der Waals surface area contributed by atoms with E-state index in [9.17, 15) is 0 Å². The highest BCUT2D eigenvalue weighted by molar-refractivity contribution is 6.81. The molecule has 2 nitrogen and oxygen atoms in total. The number of hydrogen-bond donors (Lipinski definition) is 0. The number of methoxy groups -OCH3 is 1. The standard InChI is InChI=1S/C11H22O2Si/c1-9(8-14(3,4)5)11(12-2)6-10-7-13-10/h8,10-11H,6-7H2,1-5H3/b9-8+/t10-,11+/m1/s1. The maximum atomic E-state index is 5.48. The molecule has 1 aliphatic heterocycles. The van der Waals surface area contributed by atoms with Crippen molar-refractivity contribution in [1.82, 2.24) is 0 Å². The molecule has 1 fully saturated rings. The van der Waals surface area contributed by atoms with Gasteiger partial charge >= 0.3 is 0 Å². The van der Waals surface area contributed by atoms with Crippen molar-refractivity contribution in [2.24, 2.45) is 0 Å². The Morgan fingerprint density at radius 2 is 2.14 bits per heavy atom. The van der Waals surface area contributed by atoms with E-state index >= 15 is 0 Å². The van der Waals surface area contributed by atoms with Crippen molar-refractivity contribution < 1.29 is 9.47 Å². The van der Waals surface area contributed by atoms with Crippen LogP contribution in [0.5, 0.6) is 0 Å². The van der Waals surface area contributed by atoms with E-state index in [-0.39, 0.29) is 6.10 Å². The monoisotopic (exact) mass is 214 g/mol. The molecule has 14 heavy (non-hydrogen) atoms. The molecular weight excluding hydrogens is 192 g/mol. The molecule has 0 aromatic carbocycles. The molecule has 0 N–H and O–H groups in total. The summed E-state index contributed by atoms with van der Waals surface area (Å²) in [7, 11) is 0.673. The molecular formula is C11H22O2Si. The lowest BCUT2D eigenvalue weighted by Gasteiger charge is -2.19. The highest BCUT2D eigenvalue weighted by Gasteiger charge is 2.27. The van der Waals surface area contributed by atoms with Crippen LogP contribution in [0.3, 0.4) is 0 Å². The van der Waals surface area contributed by atoms with Gasteiger partial charge in [-0.2, -0.15) is 0 Å². The second-order valence-corrected chi connectivity index (χ2v) is 10.2. The third kappa shape index (κ3) is 4.40. The van der Waals surface area contributed by atoms with E-state index in [4.69, 9.17) is 9.47 Å². The van der Waals surface area contributed by atoms with Gasteiger partial charge in [-0.15, -0.1) is 0 Å². The lowest BCUT2D eigenvalue weighted by atomic mass is 10.1. The van der Waals surface area contributed by atoms with Gasteiger partial charge in [0.15, 0.2) is 0 Å². The summed E-state index contributed by atoms with van der Waals surface area (Å²) in [6.45, 7) is 10.1. The lowest BCUT2D eigenvalue weighted by Crippen LogP contribution is -2.22. The van der Waals surface area contributed by atoms with Gasteiger partial charge in [0.2, 0.25) is 0 Å². The molecule has 2 atom stereocenters. The second kappa shape index (κ2) is 4.60. The van der Waals surface area contributed by atoms with Gasteiger partial charge in [-0.1, -0.05) is 30.9 Å². The van der Waals surface area contributed by atoms with Crippen LogP contribution in [0.1, 0.15) is 13.3 Å². The molecule has 0 spiro atoms. The van der Waals surface area contributed by atoms with Crippen LogP contribution in [-0.4, -0.2) is 34.0 Å². The zero-order chi connectivity index (χ0) is 10.8. The van der Waals surface area contributed by atoms with Crippen LogP contribution < -0.4 is 0 Å². The normalized spacial score (nSPS) is 24.9. The number of rotatable bonds is 5. The van der Waals surface area contributed by atoms with Crippen LogP contribution in [0.2, 0.25) is 19.6 Å². The number of epoxide rings is 1. The Hall–Kier alpha value is -0.123. The average molecular weight is 214 g/mol. The first-order valence-corrected chi connectivity index (χ1v) is 8.84. The smallest absolute Gasteiger partial charge is 0.0837 e. The fourth-order valence-corrected chi connectivity index (χ4v) is 3.24. The van der Waals surface area contributed by atoms with Crippen molar-refractivity contribution in [2.45, 2.75) is 45.2 Å². The molecule has 0 saturated carbocycles. The molecule has 1 rings (SSSR count). The van der Waals surface area contributed by atoms with Crippen molar-refractivity contribution in [3.63, 3.8) is 0 Å². The molecule has 0 aliphatic carbocycles. The van der Waals surface area contributed by atoms with Gasteiger partial charge in [-0.05, 0) is 6.92 Å². The van der Waals surface area contributed by atoms with E-state index in [1.807, 2.05) is 0 Å². The highest BCUT2D eigenvalue weighted by Crippen LogP contribution is 2.22. The summed E-state index contributed by atoms with van der Waals surface area (Å²) in [6.07, 6.45) is 1.72. The Kier molecular flexibility index (Phi) is 3.92. The maximum Gasteiger partial charge on any atom is 0.0837 e. The summed E-state index contributed by atoms with van der Waals surface area (Å²) < 4.78 is 10.7. The Balaban J connectivity index is 2.53. The maximum absolute atomic E-state index is 5.48.